The van der Waals surface area contributed by atoms with Crippen molar-refractivity contribution in [2.75, 3.05) is 6.61 Å². The summed E-state index contributed by atoms with van der Waals surface area (Å²) in [4.78, 5) is 0.432. The van der Waals surface area contributed by atoms with Gasteiger partial charge in [0.25, 0.3) is 0 Å². The average molecular weight is 283 g/mol. The highest BCUT2D eigenvalue weighted by Crippen LogP contribution is 2.31. The number of hydrogen-bond donors (Lipinski definition) is 0. The number of aryl methyl sites for hydroxylation is 1. The average Bonchev–Trinajstić information content (AvgIpc) is 2.82. The van der Waals surface area contributed by atoms with Crippen LogP contribution in [-0.4, -0.2) is 12.7 Å². The lowest BCUT2D eigenvalue weighted by Crippen LogP contribution is -2.07. The van der Waals surface area contributed by atoms with E-state index in [2.05, 4.69) is 47.1 Å². The fraction of sp³-hybridized carbons (Fsp3) is 0.571. The number of ether oxygens (including phenoxy) is 1. The molecule has 16 heavy (non-hydrogen) atoms. The van der Waals surface area contributed by atoms with Crippen LogP contribution >= 0.6 is 15.9 Å². The highest BCUT2D eigenvalue weighted by atomic mass is 79.9. The summed E-state index contributed by atoms with van der Waals surface area (Å²) in [5.41, 5.74) is 2.77. The van der Waals surface area contributed by atoms with E-state index in [9.17, 15) is 0 Å². The molecule has 1 nitrogen and oxygen atoms in total. The Morgan fingerprint density at radius 2 is 2.12 bits per heavy atom. The van der Waals surface area contributed by atoms with E-state index in [1.807, 2.05) is 0 Å². The second-order valence-electron chi connectivity index (χ2n) is 4.43. The zero-order chi connectivity index (χ0) is 11.4. The number of hydrogen-bond acceptors (Lipinski definition) is 1. The van der Waals surface area contributed by atoms with Crippen LogP contribution in [0.3, 0.4) is 0 Å². The lowest BCUT2D eigenvalue weighted by Gasteiger charge is -2.15. The third-order valence-corrected chi connectivity index (χ3v) is 4.15. The van der Waals surface area contributed by atoms with Gasteiger partial charge in [-0.2, -0.15) is 0 Å². The van der Waals surface area contributed by atoms with Crippen LogP contribution in [0, 0.1) is 0 Å². The molecule has 0 amide bonds. The topological polar surface area (TPSA) is 9.23 Å². The molecule has 2 rings (SSSR count). The van der Waals surface area contributed by atoms with E-state index in [1.165, 1.54) is 24.0 Å². The Labute approximate surface area is 106 Å². The van der Waals surface area contributed by atoms with Crippen molar-refractivity contribution in [2.45, 2.75) is 43.5 Å². The number of alkyl halides is 1. The first-order chi connectivity index (χ1) is 7.79. The van der Waals surface area contributed by atoms with E-state index in [1.54, 1.807) is 0 Å². The van der Waals surface area contributed by atoms with Crippen molar-refractivity contribution in [3.05, 3.63) is 35.4 Å². The highest BCUT2D eigenvalue weighted by Gasteiger charge is 2.20. The quantitative estimate of drug-likeness (QED) is 0.750. The summed E-state index contributed by atoms with van der Waals surface area (Å²) in [6, 6.07) is 8.90. The second kappa shape index (κ2) is 5.83. The normalized spacial score (nSPS) is 22.2. The SMILES string of the molecule is CCc1ccc(C(Br)CC2CCCO2)cc1. The van der Waals surface area contributed by atoms with Gasteiger partial charge in [0.2, 0.25) is 0 Å². The van der Waals surface area contributed by atoms with Gasteiger partial charge in [-0.05, 0) is 36.8 Å². The molecule has 0 spiro atoms. The van der Waals surface area contributed by atoms with Gasteiger partial charge in [0.15, 0.2) is 0 Å². The minimum absolute atomic E-state index is 0.432. The van der Waals surface area contributed by atoms with Crippen LogP contribution in [0.5, 0.6) is 0 Å². The third kappa shape index (κ3) is 3.08. The minimum Gasteiger partial charge on any atom is -0.378 e. The van der Waals surface area contributed by atoms with Crippen LogP contribution in [-0.2, 0) is 11.2 Å². The number of benzene rings is 1. The molecule has 0 radical (unpaired) electrons. The maximum atomic E-state index is 5.66. The van der Waals surface area contributed by atoms with E-state index in [0.29, 0.717) is 10.9 Å². The first kappa shape index (κ1) is 12.1. The Kier molecular flexibility index (Phi) is 4.42. The summed E-state index contributed by atoms with van der Waals surface area (Å²) in [7, 11) is 0. The van der Waals surface area contributed by atoms with Gasteiger partial charge in [-0.3, -0.25) is 0 Å². The van der Waals surface area contributed by atoms with Crippen LogP contribution < -0.4 is 0 Å². The molecule has 1 fully saturated rings. The van der Waals surface area contributed by atoms with Crippen LogP contribution in [0.1, 0.15) is 42.1 Å². The van der Waals surface area contributed by atoms with E-state index >= 15 is 0 Å². The largest absolute Gasteiger partial charge is 0.378 e. The van der Waals surface area contributed by atoms with E-state index in [-0.39, 0.29) is 0 Å². The molecule has 0 saturated carbocycles. The van der Waals surface area contributed by atoms with Gasteiger partial charge in [-0.25, -0.2) is 0 Å². The summed E-state index contributed by atoms with van der Waals surface area (Å²) in [6.07, 6.45) is 5.09. The first-order valence-corrected chi connectivity index (χ1v) is 7.05. The molecule has 0 aromatic heterocycles. The van der Waals surface area contributed by atoms with Gasteiger partial charge in [-0.15, -0.1) is 0 Å². The summed E-state index contributed by atoms with van der Waals surface area (Å²) in [5, 5.41) is 0. The van der Waals surface area contributed by atoms with Crippen LogP contribution in [0.25, 0.3) is 0 Å². The Morgan fingerprint density at radius 3 is 2.69 bits per heavy atom. The zero-order valence-corrected chi connectivity index (χ0v) is 11.4. The summed E-state index contributed by atoms with van der Waals surface area (Å²) >= 11 is 3.76. The van der Waals surface area contributed by atoms with Gasteiger partial charge in [-0.1, -0.05) is 47.1 Å². The molecule has 88 valence electrons. The standard InChI is InChI=1S/C14H19BrO/c1-2-11-5-7-12(8-6-11)14(15)10-13-4-3-9-16-13/h5-8,13-14H,2-4,9-10H2,1H3. The Bertz CT molecular complexity index is 314. The van der Waals surface area contributed by atoms with E-state index in [4.69, 9.17) is 4.74 Å². The molecule has 1 aromatic carbocycles. The van der Waals surface area contributed by atoms with Crippen molar-refractivity contribution >= 4 is 15.9 Å². The Hall–Kier alpha value is -0.340. The number of rotatable bonds is 4. The van der Waals surface area contributed by atoms with Crippen molar-refractivity contribution in [2.24, 2.45) is 0 Å². The Balaban J connectivity index is 1.94. The molecule has 1 heterocycles. The smallest absolute Gasteiger partial charge is 0.0589 e. The molecule has 2 unspecified atom stereocenters. The zero-order valence-electron chi connectivity index (χ0n) is 9.79. The van der Waals surface area contributed by atoms with Crippen LogP contribution in [0.2, 0.25) is 0 Å². The Morgan fingerprint density at radius 1 is 1.38 bits per heavy atom. The molecule has 0 aliphatic carbocycles. The molecular weight excluding hydrogens is 264 g/mol. The molecule has 2 atom stereocenters. The van der Waals surface area contributed by atoms with E-state index < -0.39 is 0 Å². The van der Waals surface area contributed by atoms with Crippen molar-refractivity contribution < 1.29 is 4.74 Å². The first-order valence-electron chi connectivity index (χ1n) is 6.14. The highest BCUT2D eigenvalue weighted by molar-refractivity contribution is 9.09. The van der Waals surface area contributed by atoms with Gasteiger partial charge in [0.1, 0.15) is 0 Å². The summed E-state index contributed by atoms with van der Waals surface area (Å²) in [5.74, 6) is 0. The second-order valence-corrected chi connectivity index (χ2v) is 5.54. The summed E-state index contributed by atoms with van der Waals surface area (Å²) < 4.78 is 5.66. The molecule has 1 aliphatic rings. The monoisotopic (exact) mass is 282 g/mol. The molecular formula is C14H19BrO. The van der Waals surface area contributed by atoms with Crippen LogP contribution in [0.15, 0.2) is 24.3 Å². The maximum absolute atomic E-state index is 5.66. The predicted octanol–water partition coefficient (Wildman–Crippen LogP) is 4.25. The minimum atomic E-state index is 0.432. The van der Waals surface area contributed by atoms with Crippen molar-refractivity contribution in [1.29, 1.82) is 0 Å². The lowest BCUT2D eigenvalue weighted by molar-refractivity contribution is 0.104. The molecule has 1 aliphatic heterocycles. The van der Waals surface area contributed by atoms with Crippen molar-refractivity contribution in [3.63, 3.8) is 0 Å². The third-order valence-electron chi connectivity index (χ3n) is 3.24. The van der Waals surface area contributed by atoms with Crippen LogP contribution in [0.4, 0.5) is 0 Å². The molecule has 1 aromatic rings. The predicted molar refractivity (Wildman–Crippen MR) is 71.1 cm³/mol. The fourth-order valence-corrected chi connectivity index (χ4v) is 2.88. The molecule has 1 saturated heterocycles. The van der Waals surface area contributed by atoms with Crippen molar-refractivity contribution in [3.8, 4) is 0 Å². The number of halogens is 1. The van der Waals surface area contributed by atoms with Gasteiger partial charge in [0.05, 0.1) is 6.10 Å². The molecule has 0 bridgehead atoms. The van der Waals surface area contributed by atoms with Crippen molar-refractivity contribution in [1.82, 2.24) is 0 Å². The van der Waals surface area contributed by atoms with E-state index in [0.717, 1.165) is 19.4 Å². The fourth-order valence-electron chi connectivity index (χ4n) is 2.16. The van der Waals surface area contributed by atoms with Gasteiger partial charge < -0.3 is 4.74 Å². The maximum Gasteiger partial charge on any atom is 0.0589 e. The van der Waals surface area contributed by atoms with Gasteiger partial charge in [0, 0.05) is 11.4 Å². The van der Waals surface area contributed by atoms with Gasteiger partial charge >= 0.3 is 0 Å². The molecule has 2 heteroatoms. The molecule has 0 N–H and O–H groups in total. The lowest BCUT2D eigenvalue weighted by atomic mass is 10.0. The summed E-state index contributed by atoms with van der Waals surface area (Å²) in [6.45, 7) is 3.13.